The standard InChI is InChI=1S/C35H44N2O5/c1-3-37(19-28(39)20-38)31-18-32(40)25(2)35(23-41-21-26-12-6-4-7-13-26,24-42-22-27-14-8-5-9-15-27)34-33(31)29-16-10-11-17-30(29)36-34/h4-17,25,28,31-32,36,38-40H,3,18-24H2,1-2H3. The second-order valence-electron chi connectivity index (χ2n) is 11.6. The van der Waals surface area contributed by atoms with Crippen LogP contribution in [0.4, 0.5) is 0 Å². The molecule has 0 saturated heterocycles. The molecule has 5 rings (SSSR count). The van der Waals surface area contributed by atoms with Gasteiger partial charge < -0.3 is 29.8 Å². The van der Waals surface area contributed by atoms with E-state index in [1.807, 2.05) is 48.5 Å². The Morgan fingerprint density at radius 3 is 2.05 bits per heavy atom. The molecule has 0 radical (unpaired) electrons. The molecule has 4 aromatic rings. The molecule has 0 spiro atoms. The van der Waals surface area contributed by atoms with Crippen molar-refractivity contribution in [3.05, 3.63) is 107 Å². The van der Waals surface area contributed by atoms with Crippen LogP contribution in [0.3, 0.4) is 0 Å². The number of nitrogens with one attached hydrogen (secondary N) is 1. The van der Waals surface area contributed by atoms with E-state index >= 15 is 0 Å². The summed E-state index contributed by atoms with van der Waals surface area (Å²) < 4.78 is 13.0. The molecule has 7 nitrogen and oxygen atoms in total. The molecule has 1 aliphatic carbocycles. The largest absolute Gasteiger partial charge is 0.394 e. The summed E-state index contributed by atoms with van der Waals surface area (Å²) in [4.78, 5) is 5.93. The molecule has 0 fully saturated rings. The van der Waals surface area contributed by atoms with Crippen molar-refractivity contribution in [2.24, 2.45) is 5.92 Å². The number of hydrogen-bond donors (Lipinski definition) is 4. The number of hydrogen-bond acceptors (Lipinski definition) is 6. The number of fused-ring (bicyclic) bond motifs is 3. The molecule has 0 saturated carbocycles. The van der Waals surface area contributed by atoms with Crippen LogP contribution in [-0.2, 0) is 28.1 Å². The molecular weight excluding hydrogens is 528 g/mol. The minimum absolute atomic E-state index is 0.176. The number of H-pyrrole nitrogens is 1. The molecule has 0 amide bonds. The Kier molecular flexibility index (Phi) is 10.1. The highest BCUT2D eigenvalue weighted by Gasteiger charge is 2.50. The summed E-state index contributed by atoms with van der Waals surface area (Å²) >= 11 is 0. The summed E-state index contributed by atoms with van der Waals surface area (Å²) in [6.45, 7) is 6.41. The molecule has 0 aliphatic heterocycles. The first-order valence-corrected chi connectivity index (χ1v) is 15.0. The van der Waals surface area contributed by atoms with Gasteiger partial charge in [-0.05, 0) is 41.6 Å². The van der Waals surface area contributed by atoms with E-state index in [4.69, 9.17) is 9.47 Å². The zero-order valence-electron chi connectivity index (χ0n) is 24.7. The SMILES string of the molecule is CCN(CC(O)CO)C1CC(O)C(C)C(COCc2ccccc2)(COCc2ccccc2)c2[nH]c3ccccc3c21. The molecule has 1 aromatic heterocycles. The second-order valence-corrected chi connectivity index (χ2v) is 11.6. The van der Waals surface area contributed by atoms with E-state index < -0.39 is 17.6 Å². The van der Waals surface area contributed by atoms with E-state index in [1.54, 1.807) is 0 Å². The minimum atomic E-state index is -0.871. The minimum Gasteiger partial charge on any atom is -0.394 e. The van der Waals surface area contributed by atoms with Gasteiger partial charge in [-0.25, -0.2) is 0 Å². The maximum absolute atomic E-state index is 11.8. The molecule has 4 unspecified atom stereocenters. The molecule has 0 bridgehead atoms. The summed E-state index contributed by atoms with van der Waals surface area (Å²) in [7, 11) is 0. The highest BCUT2D eigenvalue weighted by Crippen LogP contribution is 2.48. The first-order chi connectivity index (χ1) is 20.5. The number of aliphatic hydroxyl groups excluding tert-OH is 3. The van der Waals surface area contributed by atoms with Crippen LogP contribution >= 0.6 is 0 Å². The lowest BCUT2D eigenvalue weighted by Crippen LogP contribution is -2.47. The number of aromatic nitrogens is 1. The molecule has 1 heterocycles. The molecule has 42 heavy (non-hydrogen) atoms. The number of para-hydroxylation sites is 1. The Morgan fingerprint density at radius 2 is 1.48 bits per heavy atom. The van der Waals surface area contributed by atoms with Crippen LogP contribution in [0, 0.1) is 5.92 Å². The van der Waals surface area contributed by atoms with Gasteiger partial charge in [0.25, 0.3) is 0 Å². The van der Waals surface area contributed by atoms with Crippen LogP contribution in [0.5, 0.6) is 0 Å². The van der Waals surface area contributed by atoms with E-state index in [2.05, 4.69) is 60.1 Å². The van der Waals surface area contributed by atoms with Gasteiger partial charge in [0, 0.05) is 29.2 Å². The number of likely N-dealkylation sites (N-methyl/N-ethyl adjacent to an activating group) is 1. The van der Waals surface area contributed by atoms with Crippen molar-refractivity contribution in [3.63, 3.8) is 0 Å². The number of benzene rings is 3. The van der Waals surface area contributed by atoms with Crippen molar-refractivity contribution < 1.29 is 24.8 Å². The first-order valence-electron chi connectivity index (χ1n) is 15.0. The van der Waals surface area contributed by atoms with E-state index in [0.29, 0.717) is 45.9 Å². The van der Waals surface area contributed by atoms with Crippen LogP contribution in [0.1, 0.15) is 48.7 Å². The van der Waals surface area contributed by atoms with Gasteiger partial charge in [-0.15, -0.1) is 0 Å². The monoisotopic (exact) mass is 572 g/mol. The van der Waals surface area contributed by atoms with Crippen LogP contribution in [0.2, 0.25) is 0 Å². The third-order valence-corrected chi connectivity index (χ3v) is 8.94. The van der Waals surface area contributed by atoms with Gasteiger partial charge in [-0.2, -0.15) is 0 Å². The van der Waals surface area contributed by atoms with Crippen molar-refractivity contribution in [2.75, 3.05) is 32.9 Å². The number of rotatable bonds is 13. The molecule has 224 valence electrons. The topological polar surface area (TPSA) is 98.2 Å². The molecular formula is C35H44N2O5. The third-order valence-electron chi connectivity index (χ3n) is 8.94. The van der Waals surface area contributed by atoms with Gasteiger partial charge >= 0.3 is 0 Å². The maximum Gasteiger partial charge on any atom is 0.0897 e. The van der Waals surface area contributed by atoms with Crippen LogP contribution in [-0.4, -0.2) is 70.3 Å². The molecule has 3 aromatic carbocycles. The van der Waals surface area contributed by atoms with Crippen LogP contribution < -0.4 is 0 Å². The second kappa shape index (κ2) is 14.0. The zero-order valence-corrected chi connectivity index (χ0v) is 24.7. The Morgan fingerprint density at radius 1 is 0.905 bits per heavy atom. The van der Waals surface area contributed by atoms with E-state index in [1.165, 1.54) is 0 Å². The average molecular weight is 573 g/mol. The van der Waals surface area contributed by atoms with Crippen molar-refractivity contribution >= 4 is 10.9 Å². The lowest BCUT2D eigenvalue weighted by atomic mass is 9.72. The molecule has 4 atom stereocenters. The van der Waals surface area contributed by atoms with Crippen molar-refractivity contribution in [1.29, 1.82) is 0 Å². The fourth-order valence-corrected chi connectivity index (χ4v) is 6.49. The Hall–Kier alpha value is -3.04. The van der Waals surface area contributed by atoms with Crippen molar-refractivity contribution in [3.8, 4) is 0 Å². The normalized spacial score (nSPS) is 20.9. The van der Waals surface area contributed by atoms with Crippen molar-refractivity contribution in [1.82, 2.24) is 9.88 Å². The first kappa shape index (κ1) is 30.4. The maximum atomic E-state index is 11.8. The summed E-state index contributed by atoms with van der Waals surface area (Å²) in [6.07, 6.45) is -1.04. The Balaban J connectivity index is 1.59. The van der Waals surface area contributed by atoms with Crippen molar-refractivity contribution in [2.45, 2.75) is 57.1 Å². The quantitative estimate of drug-likeness (QED) is 0.169. The number of nitrogens with zero attached hydrogens (tertiary/aromatic N) is 1. The van der Waals surface area contributed by atoms with Crippen LogP contribution in [0.25, 0.3) is 10.9 Å². The smallest absolute Gasteiger partial charge is 0.0897 e. The Bertz CT molecular complexity index is 1350. The summed E-state index contributed by atoms with van der Waals surface area (Å²) in [5.41, 5.74) is 4.63. The highest BCUT2D eigenvalue weighted by atomic mass is 16.5. The van der Waals surface area contributed by atoms with Gasteiger partial charge in [0.2, 0.25) is 0 Å². The van der Waals surface area contributed by atoms with E-state index in [9.17, 15) is 15.3 Å². The van der Waals surface area contributed by atoms with Gasteiger partial charge in [-0.1, -0.05) is 92.7 Å². The average Bonchev–Trinajstić information content (AvgIpc) is 3.38. The van der Waals surface area contributed by atoms with Gasteiger partial charge in [0.15, 0.2) is 0 Å². The number of aliphatic hydroxyl groups is 3. The lowest BCUT2D eigenvalue weighted by molar-refractivity contribution is -0.0505. The summed E-state index contributed by atoms with van der Waals surface area (Å²) in [5.74, 6) is -0.206. The summed E-state index contributed by atoms with van der Waals surface area (Å²) in [6, 6.07) is 28.3. The predicted octanol–water partition coefficient (Wildman–Crippen LogP) is 4.96. The molecule has 7 heteroatoms. The third kappa shape index (κ3) is 6.47. The fraction of sp³-hybridized carbons (Fsp3) is 0.429. The van der Waals surface area contributed by atoms with Crippen LogP contribution in [0.15, 0.2) is 84.9 Å². The van der Waals surface area contributed by atoms with E-state index in [-0.39, 0.29) is 18.6 Å². The van der Waals surface area contributed by atoms with Gasteiger partial charge in [0.1, 0.15) is 0 Å². The summed E-state index contributed by atoms with van der Waals surface area (Å²) in [5, 5.41) is 33.0. The van der Waals surface area contributed by atoms with Gasteiger partial charge in [0.05, 0.1) is 50.7 Å². The predicted molar refractivity (Wildman–Crippen MR) is 165 cm³/mol. The highest BCUT2D eigenvalue weighted by molar-refractivity contribution is 5.86. The number of aromatic amines is 1. The fourth-order valence-electron chi connectivity index (χ4n) is 6.49. The lowest BCUT2D eigenvalue weighted by Gasteiger charge is -2.39. The number of ether oxygens (including phenoxy) is 2. The van der Waals surface area contributed by atoms with Gasteiger partial charge in [-0.3, -0.25) is 4.90 Å². The Labute approximate surface area is 248 Å². The molecule has 1 aliphatic rings. The molecule has 4 N–H and O–H groups in total. The van der Waals surface area contributed by atoms with E-state index in [0.717, 1.165) is 33.3 Å². The zero-order chi connectivity index (χ0) is 29.5.